The second kappa shape index (κ2) is 6.93. The summed E-state index contributed by atoms with van der Waals surface area (Å²) in [7, 11) is 0. The fourth-order valence-electron chi connectivity index (χ4n) is 3.46. The first-order chi connectivity index (χ1) is 13.8. The third-order valence-corrected chi connectivity index (χ3v) is 5.19. The van der Waals surface area contributed by atoms with Crippen molar-refractivity contribution in [2.45, 2.75) is 19.4 Å². The topological polar surface area (TPSA) is 91.7 Å². The first-order valence-corrected chi connectivity index (χ1v) is 9.35. The van der Waals surface area contributed by atoms with Gasteiger partial charge in [0.25, 0.3) is 5.91 Å². The van der Waals surface area contributed by atoms with Crippen LogP contribution in [0.25, 0.3) is 11.0 Å². The molecule has 148 valence electrons. The second-order valence-corrected chi connectivity index (χ2v) is 7.50. The summed E-state index contributed by atoms with van der Waals surface area (Å²) in [5, 5.41) is 6.46. The second-order valence-electron chi connectivity index (χ2n) is 7.09. The number of urea groups is 1. The highest BCUT2D eigenvalue weighted by atomic mass is 35.5. The van der Waals surface area contributed by atoms with Crippen LogP contribution >= 0.6 is 11.6 Å². The van der Waals surface area contributed by atoms with Crippen LogP contribution in [0.1, 0.15) is 18.2 Å². The van der Waals surface area contributed by atoms with Gasteiger partial charge in [0.15, 0.2) is 5.58 Å². The summed E-state index contributed by atoms with van der Waals surface area (Å²) >= 11 is 6.21. The Kier molecular flexibility index (Phi) is 4.55. The minimum Gasteiger partial charge on any atom is -0.460 e. The Balaban J connectivity index is 1.51. The number of rotatable bonds is 4. The first kappa shape index (κ1) is 19.0. The Morgan fingerprint density at radius 3 is 2.66 bits per heavy atom. The van der Waals surface area contributed by atoms with Crippen molar-refractivity contribution in [3.63, 3.8) is 0 Å². The molecule has 0 spiro atoms. The molecule has 1 aromatic heterocycles. The number of aryl methyl sites for hydroxylation is 1. The summed E-state index contributed by atoms with van der Waals surface area (Å²) in [5.74, 6) is -0.297. The van der Waals surface area contributed by atoms with Crippen LogP contribution in [0.15, 0.2) is 52.9 Å². The number of nitrogens with zero attached hydrogens (tertiary/aromatic N) is 1. The molecular formula is C21H18ClN3O4. The Morgan fingerprint density at radius 1 is 1.21 bits per heavy atom. The van der Waals surface area contributed by atoms with Gasteiger partial charge in [0.1, 0.15) is 17.8 Å². The van der Waals surface area contributed by atoms with Crippen LogP contribution in [0.2, 0.25) is 5.02 Å². The van der Waals surface area contributed by atoms with E-state index in [4.69, 9.17) is 16.0 Å². The first-order valence-electron chi connectivity index (χ1n) is 8.97. The van der Waals surface area contributed by atoms with Crippen molar-refractivity contribution in [1.82, 2.24) is 10.2 Å². The molecule has 0 bridgehead atoms. The van der Waals surface area contributed by atoms with Crippen LogP contribution in [-0.2, 0) is 15.1 Å². The van der Waals surface area contributed by atoms with Gasteiger partial charge in [-0.05, 0) is 37.6 Å². The Labute approximate surface area is 171 Å². The molecule has 1 atom stereocenters. The lowest BCUT2D eigenvalue weighted by Crippen LogP contribution is -2.42. The minimum atomic E-state index is -1.21. The quantitative estimate of drug-likeness (QED) is 0.639. The molecule has 1 aliphatic rings. The van der Waals surface area contributed by atoms with E-state index < -0.39 is 29.9 Å². The van der Waals surface area contributed by atoms with Crippen molar-refractivity contribution in [2.24, 2.45) is 0 Å². The number of halogens is 1. The highest BCUT2D eigenvalue weighted by Gasteiger charge is 2.49. The number of anilines is 1. The molecule has 1 saturated heterocycles. The van der Waals surface area contributed by atoms with E-state index in [0.717, 1.165) is 10.3 Å². The van der Waals surface area contributed by atoms with Gasteiger partial charge in [-0.3, -0.25) is 14.5 Å². The summed E-state index contributed by atoms with van der Waals surface area (Å²) in [6.45, 7) is 3.01. The van der Waals surface area contributed by atoms with Crippen LogP contribution in [0.3, 0.4) is 0 Å². The molecule has 2 N–H and O–H groups in total. The predicted molar refractivity (Wildman–Crippen MR) is 109 cm³/mol. The fourth-order valence-corrected chi connectivity index (χ4v) is 3.73. The third kappa shape index (κ3) is 3.34. The van der Waals surface area contributed by atoms with Crippen LogP contribution in [0.4, 0.5) is 10.5 Å². The van der Waals surface area contributed by atoms with E-state index in [2.05, 4.69) is 10.6 Å². The van der Waals surface area contributed by atoms with Crippen LogP contribution in [0, 0.1) is 6.92 Å². The number of carbonyl (C=O) groups is 3. The number of furan rings is 1. The van der Waals surface area contributed by atoms with Gasteiger partial charge in [-0.15, -0.1) is 0 Å². The highest BCUT2D eigenvalue weighted by Crippen LogP contribution is 2.31. The standard InChI is InChI=1S/C21H18ClN3O4/c1-12-8-13-9-15(10-16(22)18(13)29-12)23-17(26)11-25-19(27)21(2,24-20(25)28)14-6-4-3-5-7-14/h3-10H,11H2,1-2H3,(H,23,26)(H,24,28). The van der Waals surface area contributed by atoms with E-state index in [9.17, 15) is 14.4 Å². The maximum Gasteiger partial charge on any atom is 0.325 e. The van der Waals surface area contributed by atoms with E-state index in [1.807, 2.05) is 6.07 Å². The monoisotopic (exact) mass is 411 g/mol. The van der Waals surface area contributed by atoms with Gasteiger partial charge in [0.05, 0.1) is 5.02 Å². The molecule has 1 unspecified atom stereocenters. The van der Waals surface area contributed by atoms with E-state index in [1.165, 1.54) is 0 Å². The zero-order valence-electron chi connectivity index (χ0n) is 15.8. The third-order valence-electron chi connectivity index (χ3n) is 4.91. The SMILES string of the molecule is Cc1cc2cc(NC(=O)CN3C(=O)NC(C)(c4ccccc4)C3=O)cc(Cl)c2o1. The Morgan fingerprint density at radius 2 is 1.93 bits per heavy atom. The van der Waals surface area contributed by atoms with Crippen molar-refractivity contribution in [1.29, 1.82) is 0 Å². The zero-order valence-corrected chi connectivity index (χ0v) is 16.5. The van der Waals surface area contributed by atoms with Crippen molar-refractivity contribution >= 4 is 46.1 Å². The smallest absolute Gasteiger partial charge is 0.325 e. The molecule has 3 aromatic rings. The molecule has 0 saturated carbocycles. The molecule has 2 aromatic carbocycles. The number of amides is 4. The summed E-state index contributed by atoms with van der Waals surface area (Å²) in [6, 6.07) is 13.4. The lowest BCUT2D eigenvalue weighted by molar-refractivity contribution is -0.133. The summed E-state index contributed by atoms with van der Waals surface area (Å²) in [6.07, 6.45) is 0. The van der Waals surface area contributed by atoms with E-state index in [-0.39, 0.29) is 0 Å². The summed E-state index contributed by atoms with van der Waals surface area (Å²) in [5.41, 5.74) is 0.421. The average molecular weight is 412 g/mol. The van der Waals surface area contributed by atoms with E-state index in [0.29, 0.717) is 27.6 Å². The molecule has 2 heterocycles. The van der Waals surface area contributed by atoms with Crippen molar-refractivity contribution in [3.05, 3.63) is 64.9 Å². The molecule has 1 aliphatic heterocycles. The van der Waals surface area contributed by atoms with E-state index >= 15 is 0 Å². The number of hydrogen-bond acceptors (Lipinski definition) is 4. The Hall–Kier alpha value is -3.32. The van der Waals surface area contributed by atoms with Crippen LogP contribution in [-0.4, -0.2) is 29.3 Å². The van der Waals surface area contributed by atoms with Gasteiger partial charge in [-0.2, -0.15) is 0 Å². The van der Waals surface area contributed by atoms with Crippen molar-refractivity contribution in [3.8, 4) is 0 Å². The van der Waals surface area contributed by atoms with Gasteiger partial charge in [-0.25, -0.2) is 4.79 Å². The number of fused-ring (bicyclic) bond motifs is 1. The van der Waals surface area contributed by atoms with Gasteiger partial charge < -0.3 is 15.1 Å². The number of benzene rings is 2. The lowest BCUT2D eigenvalue weighted by Gasteiger charge is -2.22. The Bertz CT molecular complexity index is 1140. The summed E-state index contributed by atoms with van der Waals surface area (Å²) in [4.78, 5) is 38.7. The molecule has 0 radical (unpaired) electrons. The van der Waals surface area contributed by atoms with Crippen LogP contribution in [0.5, 0.6) is 0 Å². The number of nitrogens with one attached hydrogen (secondary N) is 2. The van der Waals surface area contributed by atoms with Crippen molar-refractivity contribution < 1.29 is 18.8 Å². The molecular weight excluding hydrogens is 394 g/mol. The van der Waals surface area contributed by atoms with Gasteiger partial charge in [0.2, 0.25) is 5.91 Å². The van der Waals surface area contributed by atoms with E-state index in [1.54, 1.807) is 56.3 Å². The van der Waals surface area contributed by atoms with Gasteiger partial charge in [0, 0.05) is 11.1 Å². The minimum absolute atomic E-state index is 0.359. The van der Waals surface area contributed by atoms with Crippen LogP contribution < -0.4 is 10.6 Å². The number of carbonyl (C=O) groups excluding carboxylic acids is 3. The lowest BCUT2D eigenvalue weighted by atomic mass is 9.92. The fraction of sp³-hybridized carbons (Fsp3) is 0.190. The maximum absolute atomic E-state index is 12.9. The summed E-state index contributed by atoms with van der Waals surface area (Å²) < 4.78 is 5.51. The molecule has 0 aliphatic carbocycles. The molecule has 4 amide bonds. The predicted octanol–water partition coefficient (Wildman–Crippen LogP) is 3.80. The molecule has 8 heteroatoms. The molecule has 4 rings (SSSR count). The normalized spacial score (nSPS) is 18.9. The average Bonchev–Trinajstić information content (AvgIpc) is 3.15. The highest BCUT2D eigenvalue weighted by molar-refractivity contribution is 6.35. The maximum atomic E-state index is 12.9. The molecule has 7 nitrogen and oxygen atoms in total. The molecule has 1 fully saturated rings. The molecule has 29 heavy (non-hydrogen) atoms. The zero-order chi connectivity index (χ0) is 20.8. The van der Waals surface area contributed by atoms with Crippen molar-refractivity contribution in [2.75, 3.05) is 11.9 Å². The van der Waals surface area contributed by atoms with Gasteiger partial charge in [-0.1, -0.05) is 41.9 Å². The number of imide groups is 1. The largest absolute Gasteiger partial charge is 0.460 e. The number of hydrogen-bond donors (Lipinski definition) is 2. The van der Waals surface area contributed by atoms with Gasteiger partial charge >= 0.3 is 6.03 Å².